The van der Waals surface area contributed by atoms with E-state index in [2.05, 4.69) is 15.3 Å². The monoisotopic (exact) mass is 352 g/mol. The Morgan fingerprint density at radius 1 is 1.26 bits per heavy atom. The number of hydrogen-bond acceptors (Lipinski definition) is 5. The Morgan fingerprint density at radius 2 is 2.04 bits per heavy atom. The van der Waals surface area contributed by atoms with E-state index in [0.29, 0.717) is 33.1 Å². The fourth-order valence-corrected chi connectivity index (χ4v) is 3.12. The number of hydrogen-bond donors (Lipinski definition) is 2. The Morgan fingerprint density at radius 3 is 2.74 bits per heavy atom. The number of ether oxygens (including phenoxy) is 1. The third-order valence-corrected chi connectivity index (χ3v) is 4.67. The number of nitrogens with one attached hydrogen (secondary N) is 1. The zero-order chi connectivity index (χ0) is 16.2. The molecule has 3 N–H and O–H groups in total. The highest BCUT2D eigenvalue weighted by molar-refractivity contribution is 6.35. The SMILES string of the molecule is Nc1cc(C2CCNCC2)ncc1OCc1c(Cl)ccnc1Cl. The van der Waals surface area contributed by atoms with Crippen molar-refractivity contribution in [2.45, 2.75) is 25.4 Å². The number of aromatic nitrogens is 2. The van der Waals surface area contributed by atoms with Gasteiger partial charge >= 0.3 is 0 Å². The predicted molar refractivity (Wildman–Crippen MR) is 92.1 cm³/mol. The third kappa shape index (κ3) is 3.86. The average Bonchev–Trinajstić information content (AvgIpc) is 2.56. The second kappa shape index (κ2) is 7.34. The van der Waals surface area contributed by atoms with Crippen molar-refractivity contribution < 1.29 is 4.74 Å². The van der Waals surface area contributed by atoms with Crippen LogP contribution in [0.2, 0.25) is 10.2 Å². The predicted octanol–water partition coefficient (Wildman–Crippen LogP) is 3.41. The lowest BCUT2D eigenvalue weighted by Gasteiger charge is -2.22. The second-order valence-corrected chi connectivity index (χ2v) is 6.29. The summed E-state index contributed by atoms with van der Waals surface area (Å²) in [6.07, 6.45) is 5.38. The highest BCUT2D eigenvalue weighted by Gasteiger charge is 2.18. The number of pyridine rings is 2. The molecule has 2 aromatic rings. The molecule has 23 heavy (non-hydrogen) atoms. The minimum atomic E-state index is 0.198. The summed E-state index contributed by atoms with van der Waals surface area (Å²) >= 11 is 12.1. The van der Waals surface area contributed by atoms with Crippen molar-refractivity contribution in [2.24, 2.45) is 0 Å². The topological polar surface area (TPSA) is 73.1 Å². The molecular formula is C16H18Cl2N4O. The smallest absolute Gasteiger partial charge is 0.160 e. The van der Waals surface area contributed by atoms with E-state index in [1.54, 1.807) is 18.5 Å². The Labute approximate surface area is 145 Å². The molecule has 0 spiro atoms. The van der Waals surface area contributed by atoms with Gasteiger partial charge in [0.15, 0.2) is 5.75 Å². The summed E-state index contributed by atoms with van der Waals surface area (Å²) in [5.74, 6) is 0.980. The van der Waals surface area contributed by atoms with E-state index in [9.17, 15) is 0 Å². The first-order valence-electron chi connectivity index (χ1n) is 7.53. The van der Waals surface area contributed by atoms with E-state index in [-0.39, 0.29) is 6.61 Å². The van der Waals surface area contributed by atoms with Gasteiger partial charge in [-0.15, -0.1) is 0 Å². The molecule has 7 heteroatoms. The van der Waals surface area contributed by atoms with Crippen LogP contribution in [-0.4, -0.2) is 23.1 Å². The molecule has 3 heterocycles. The van der Waals surface area contributed by atoms with Crippen LogP contribution in [0.5, 0.6) is 5.75 Å². The molecule has 0 saturated carbocycles. The van der Waals surface area contributed by atoms with Crippen molar-refractivity contribution in [3.05, 3.63) is 46.0 Å². The molecule has 0 bridgehead atoms. The molecule has 0 radical (unpaired) electrons. The van der Waals surface area contributed by atoms with Gasteiger partial charge in [0.25, 0.3) is 0 Å². The van der Waals surface area contributed by atoms with Crippen LogP contribution in [0.1, 0.15) is 30.0 Å². The van der Waals surface area contributed by atoms with E-state index in [0.717, 1.165) is 31.6 Å². The van der Waals surface area contributed by atoms with E-state index < -0.39 is 0 Å². The number of piperidine rings is 1. The standard InChI is InChI=1S/C16H18Cl2N4O/c17-12-3-6-21-16(18)11(12)9-23-15-8-22-14(7-13(15)19)10-1-4-20-5-2-10/h3,6-8,10,20H,1-2,4-5,9H2,(H2,19,22). The zero-order valence-electron chi connectivity index (χ0n) is 12.6. The number of rotatable bonds is 4. The van der Waals surface area contributed by atoms with Crippen molar-refractivity contribution in [3.8, 4) is 5.75 Å². The second-order valence-electron chi connectivity index (χ2n) is 5.52. The van der Waals surface area contributed by atoms with Gasteiger partial charge in [-0.2, -0.15) is 0 Å². The Kier molecular flexibility index (Phi) is 5.20. The first-order chi connectivity index (χ1) is 11.1. The summed E-state index contributed by atoms with van der Waals surface area (Å²) < 4.78 is 5.72. The molecule has 1 saturated heterocycles. The zero-order valence-corrected chi connectivity index (χ0v) is 14.1. The fourth-order valence-electron chi connectivity index (χ4n) is 2.66. The molecule has 0 aliphatic carbocycles. The molecule has 3 rings (SSSR count). The van der Waals surface area contributed by atoms with Crippen LogP contribution in [0.4, 0.5) is 5.69 Å². The van der Waals surface area contributed by atoms with Gasteiger partial charge in [-0.3, -0.25) is 4.98 Å². The molecule has 0 aromatic carbocycles. The number of halogens is 2. The van der Waals surface area contributed by atoms with Crippen molar-refractivity contribution in [1.82, 2.24) is 15.3 Å². The summed E-state index contributed by atoms with van der Waals surface area (Å²) in [6, 6.07) is 3.58. The molecular weight excluding hydrogens is 335 g/mol. The summed E-state index contributed by atoms with van der Waals surface area (Å²) in [4.78, 5) is 8.50. The highest BCUT2D eigenvalue weighted by Crippen LogP contribution is 2.30. The molecule has 1 aliphatic heterocycles. The number of anilines is 1. The third-order valence-electron chi connectivity index (χ3n) is 3.99. The molecule has 0 atom stereocenters. The van der Waals surface area contributed by atoms with Crippen LogP contribution >= 0.6 is 23.2 Å². The molecule has 0 amide bonds. The maximum atomic E-state index is 6.11. The Bertz CT molecular complexity index is 670. The summed E-state index contributed by atoms with van der Waals surface area (Å²) in [7, 11) is 0. The van der Waals surface area contributed by atoms with Gasteiger partial charge in [0.05, 0.1) is 16.9 Å². The number of nitrogen functional groups attached to an aromatic ring is 1. The van der Waals surface area contributed by atoms with Crippen molar-refractivity contribution in [3.63, 3.8) is 0 Å². The first kappa shape index (κ1) is 16.3. The van der Waals surface area contributed by atoms with Crippen LogP contribution in [-0.2, 0) is 6.61 Å². The highest BCUT2D eigenvalue weighted by atomic mass is 35.5. The number of nitrogens with two attached hydrogens (primary N) is 1. The van der Waals surface area contributed by atoms with Gasteiger partial charge in [0, 0.05) is 23.4 Å². The normalized spacial score (nSPS) is 15.6. The molecule has 1 fully saturated rings. The Balaban J connectivity index is 1.71. The average molecular weight is 353 g/mol. The molecule has 5 nitrogen and oxygen atoms in total. The van der Waals surface area contributed by atoms with Crippen molar-refractivity contribution in [1.29, 1.82) is 0 Å². The van der Waals surface area contributed by atoms with Gasteiger partial charge in [-0.25, -0.2) is 4.98 Å². The van der Waals surface area contributed by atoms with Crippen LogP contribution in [0.3, 0.4) is 0 Å². The van der Waals surface area contributed by atoms with Gasteiger partial charge in [-0.05, 0) is 38.1 Å². The van der Waals surface area contributed by atoms with Crippen LogP contribution in [0, 0.1) is 0 Å². The van der Waals surface area contributed by atoms with Crippen LogP contribution in [0.15, 0.2) is 24.5 Å². The molecule has 122 valence electrons. The van der Waals surface area contributed by atoms with Gasteiger partial charge in [-0.1, -0.05) is 23.2 Å². The quantitative estimate of drug-likeness (QED) is 0.824. The van der Waals surface area contributed by atoms with Gasteiger partial charge in [0.1, 0.15) is 11.8 Å². The molecule has 1 aliphatic rings. The summed E-state index contributed by atoms with van der Waals surface area (Å²) in [5.41, 5.74) is 8.34. The lowest BCUT2D eigenvalue weighted by molar-refractivity contribution is 0.306. The fraction of sp³-hybridized carbons (Fsp3) is 0.375. The molecule has 0 unspecified atom stereocenters. The lowest BCUT2D eigenvalue weighted by Crippen LogP contribution is -2.27. The lowest BCUT2D eigenvalue weighted by atomic mass is 9.94. The van der Waals surface area contributed by atoms with Crippen molar-refractivity contribution >= 4 is 28.9 Å². The van der Waals surface area contributed by atoms with Gasteiger partial charge < -0.3 is 15.8 Å². The summed E-state index contributed by atoms with van der Waals surface area (Å²) in [6.45, 7) is 2.23. The largest absolute Gasteiger partial charge is 0.485 e. The van der Waals surface area contributed by atoms with E-state index in [1.165, 1.54) is 0 Å². The Hall–Kier alpha value is -1.56. The number of nitrogens with zero attached hydrogens (tertiary/aromatic N) is 2. The van der Waals surface area contributed by atoms with E-state index in [1.807, 2.05) is 6.07 Å². The summed E-state index contributed by atoms with van der Waals surface area (Å²) in [5, 5.41) is 4.19. The first-order valence-corrected chi connectivity index (χ1v) is 8.28. The maximum Gasteiger partial charge on any atom is 0.160 e. The minimum absolute atomic E-state index is 0.198. The minimum Gasteiger partial charge on any atom is -0.485 e. The van der Waals surface area contributed by atoms with Crippen LogP contribution in [0.25, 0.3) is 0 Å². The van der Waals surface area contributed by atoms with Crippen molar-refractivity contribution in [2.75, 3.05) is 18.8 Å². The van der Waals surface area contributed by atoms with Gasteiger partial charge in [0.2, 0.25) is 0 Å². The van der Waals surface area contributed by atoms with E-state index >= 15 is 0 Å². The maximum absolute atomic E-state index is 6.11. The molecule has 2 aromatic heterocycles. The van der Waals surface area contributed by atoms with Crippen LogP contribution < -0.4 is 15.8 Å². The van der Waals surface area contributed by atoms with E-state index in [4.69, 9.17) is 33.7 Å².